The van der Waals surface area contributed by atoms with Crippen LogP contribution in [0.2, 0.25) is 0 Å². The number of rotatable bonds is 7. The van der Waals surface area contributed by atoms with Crippen molar-refractivity contribution in [1.29, 1.82) is 0 Å². The highest BCUT2D eigenvalue weighted by Gasteiger charge is 2.29. The Kier molecular flexibility index (Phi) is 6.51. The van der Waals surface area contributed by atoms with Gasteiger partial charge in [-0.3, -0.25) is 4.79 Å². The van der Waals surface area contributed by atoms with Crippen molar-refractivity contribution in [3.8, 4) is 5.75 Å². The normalized spacial score (nSPS) is 15.1. The summed E-state index contributed by atoms with van der Waals surface area (Å²) >= 11 is 1.47. The minimum absolute atomic E-state index is 0.0355. The van der Waals surface area contributed by atoms with E-state index in [9.17, 15) is 13.2 Å². The largest absolute Gasteiger partial charge is 0.495 e. The number of ether oxygens (including phenoxy) is 3. The van der Waals surface area contributed by atoms with Gasteiger partial charge in [0.15, 0.2) is 0 Å². The number of benzene rings is 2. The third-order valence-electron chi connectivity index (χ3n) is 4.86. The Balaban J connectivity index is 1.46. The summed E-state index contributed by atoms with van der Waals surface area (Å²) in [5, 5.41) is 0.708. The fourth-order valence-corrected chi connectivity index (χ4v) is 5.79. The quantitative estimate of drug-likeness (QED) is 0.498. The summed E-state index contributed by atoms with van der Waals surface area (Å²) in [6, 6.07) is 12.4. The van der Waals surface area contributed by atoms with Gasteiger partial charge in [-0.25, -0.2) is 13.4 Å². The standard InChI is InChI=1S/C21H22N2O6S2/c1-27-17-7-6-15(12-19(17)31(25,26)23-8-10-28-11-9-23)13-21(24)29-14-20-22-16-4-2-3-5-18(16)30-20/h2-7,12H,8-11,13-14H2,1H3. The van der Waals surface area contributed by atoms with Crippen LogP contribution in [0.5, 0.6) is 5.75 Å². The van der Waals surface area contributed by atoms with Crippen LogP contribution in [0, 0.1) is 0 Å². The molecule has 0 radical (unpaired) electrons. The minimum Gasteiger partial charge on any atom is -0.495 e. The highest BCUT2D eigenvalue weighted by molar-refractivity contribution is 7.89. The molecule has 0 spiro atoms. The molecule has 1 aliphatic heterocycles. The second kappa shape index (κ2) is 9.31. The van der Waals surface area contributed by atoms with Crippen molar-refractivity contribution >= 4 is 37.5 Å². The number of methoxy groups -OCH3 is 1. The first-order valence-electron chi connectivity index (χ1n) is 9.72. The maximum atomic E-state index is 13.1. The fraction of sp³-hybridized carbons (Fsp3) is 0.333. The fourth-order valence-electron chi connectivity index (χ4n) is 3.30. The molecule has 3 aromatic rings. The molecule has 0 bridgehead atoms. The van der Waals surface area contributed by atoms with Crippen LogP contribution in [0.1, 0.15) is 10.6 Å². The lowest BCUT2D eigenvalue weighted by atomic mass is 10.1. The zero-order chi connectivity index (χ0) is 21.8. The third kappa shape index (κ3) is 4.87. The number of thiazole rings is 1. The molecule has 0 aliphatic carbocycles. The Morgan fingerprint density at radius 3 is 2.71 bits per heavy atom. The van der Waals surface area contributed by atoms with Gasteiger partial charge in [0.1, 0.15) is 22.3 Å². The van der Waals surface area contributed by atoms with Gasteiger partial charge in [0.05, 0.1) is 37.0 Å². The van der Waals surface area contributed by atoms with E-state index in [1.54, 1.807) is 12.1 Å². The molecule has 1 saturated heterocycles. The van der Waals surface area contributed by atoms with Crippen molar-refractivity contribution in [2.45, 2.75) is 17.9 Å². The number of para-hydroxylation sites is 1. The molecule has 0 saturated carbocycles. The highest BCUT2D eigenvalue weighted by Crippen LogP contribution is 2.29. The number of hydrogen-bond acceptors (Lipinski definition) is 8. The summed E-state index contributed by atoms with van der Waals surface area (Å²) in [6.07, 6.45) is -0.0550. The van der Waals surface area contributed by atoms with E-state index in [2.05, 4.69) is 4.98 Å². The van der Waals surface area contributed by atoms with Crippen molar-refractivity contribution in [1.82, 2.24) is 9.29 Å². The van der Waals surface area contributed by atoms with E-state index in [4.69, 9.17) is 14.2 Å². The number of sulfonamides is 1. The van der Waals surface area contributed by atoms with E-state index < -0.39 is 16.0 Å². The average Bonchev–Trinajstić information content (AvgIpc) is 3.21. The summed E-state index contributed by atoms with van der Waals surface area (Å²) in [4.78, 5) is 16.8. The van der Waals surface area contributed by atoms with Crippen LogP contribution < -0.4 is 4.74 Å². The van der Waals surface area contributed by atoms with Crippen molar-refractivity contribution < 1.29 is 27.4 Å². The lowest BCUT2D eigenvalue weighted by molar-refractivity contribution is -0.144. The second-order valence-corrected chi connectivity index (χ2v) is 9.94. The smallest absolute Gasteiger partial charge is 0.310 e. The van der Waals surface area contributed by atoms with Crippen molar-refractivity contribution in [2.24, 2.45) is 0 Å². The van der Waals surface area contributed by atoms with Crippen LogP contribution in [0.25, 0.3) is 10.2 Å². The van der Waals surface area contributed by atoms with Gasteiger partial charge in [-0.15, -0.1) is 11.3 Å². The van der Waals surface area contributed by atoms with E-state index in [0.717, 1.165) is 10.2 Å². The van der Waals surface area contributed by atoms with Gasteiger partial charge in [0.2, 0.25) is 10.0 Å². The predicted molar refractivity (Wildman–Crippen MR) is 116 cm³/mol. The van der Waals surface area contributed by atoms with Gasteiger partial charge < -0.3 is 14.2 Å². The maximum absolute atomic E-state index is 13.1. The Hall–Kier alpha value is -2.53. The van der Waals surface area contributed by atoms with E-state index in [1.807, 2.05) is 24.3 Å². The molecule has 8 nitrogen and oxygen atoms in total. The number of aromatic nitrogens is 1. The molecule has 31 heavy (non-hydrogen) atoms. The van der Waals surface area contributed by atoms with Gasteiger partial charge in [0.25, 0.3) is 0 Å². The lowest BCUT2D eigenvalue weighted by Gasteiger charge is -2.26. The van der Waals surface area contributed by atoms with Gasteiger partial charge in [0, 0.05) is 13.1 Å². The number of nitrogens with zero attached hydrogens (tertiary/aromatic N) is 2. The molecule has 1 aromatic heterocycles. The van der Waals surface area contributed by atoms with Gasteiger partial charge in [-0.2, -0.15) is 4.31 Å². The van der Waals surface area contributed by atoms with Crippen molar-refractivity contribution in [3.63, 3.8) is 0 Å². The first-order chi connectivity index (χ1) is 15.0. The Morgan fingerprint density at radius 2 is 1.97 bits per heavy atom. The molecule has 2 heterocycles. The first kappa shape index (κ1) is 21.7. The topological polar surface area (TPSA) is 95.0 Å². The lowest BCUT2D eigenvalue weighted by Crippen LogP contribution is -2.40. The summed E-state index contributed by atoms with van der Waals surface area (Å²) in [7, 11) is -2.35. The molecule has 0 atom stereocenters. The molecule has 2 aromatic carbocycles. The van der Waals surface area contributed by atoms with Crippen LogP contribution in [0.15, 0.2) is 47.4 Å². The van der Waals surface area contributed by atoms with Crippen LogP contribution >= 0.6 is 11.3 Å². The van der Waals surface area contributed by atoms with Gasteiger partial charge in [-0.1, -0.05) is 18.2 Å². The molecule has 4 rings (SSSR count). The zero-order valence-electron chi connectivity index (χ0n) is 16.9. The monoisotopic (exact) mass is 462 g/mol. The number of carbonyl (C=O) groups excluding carboxylic acids is 1. The Labute approximate surface area is 184 Å². The summed E-state index contributed by atoms with van der Waals surface area (Å²) in [5.74, 6) is -0.225. The summed E-state index contributed by atoms with van der Waals surface area (Å²) in [6.45, 7) is 1.33. The van der Waals surface area contributed by atoms with E-state index in [0.29, 0.717) is 23.8 Å². The van der Waals surface area contributed by atoms with Crippen LogP contribution in [0.3, 0.4) is 0 Å². The van der Waals surface area contributed by atoms with E-state index in [1.165, 1.54) is 28.8 Å². The average molecular weight is 463 g/mol. The number of esters is 1. The predicted octanol–water partition coefficient (Wildman–Crippen LogP) is 2.61. The number of morpholine rings is 1. The Bertz CT molecular complexity index is 1150. The number of carbonyl (C=O) groups is 1. The SMILES string of the molecule is COc1ccc(CC(=O)OCc2nc3ccccc3s2)cc1S(=O)(=O)N1CCOCC1. The highest BCUT2D eigenvalue weighted by atomic mass is 32.2. The molecular weight excluding hydrogens is 440 g/mol. The molecule has 0 amide bonds. The molecular formula is C21H22N2O6S2. The van der Waals surface area contributed by atoms with E-state index >= 15 is 0 Å². The molecule has 164 valence electrons. The molecule has 0 unspecified atom stereocenters. The van der Waals surface area contributed by atoms with Gasteiger partial charge >= 0.3 is 5.97 Å². The summed E-state index contributed by atoms with van der Waals surface area (Å²) in [5.41, 5.74) is 1.40. The van der Waals surface area contributed by atoms with E-state index in [-0.39, 0.29) is 36.8 Å². The number of fused-ring (bicyclic) bond motifs is 1. The molecule has 0 N–H and O–H groups in total. The van der Waals surface area contributed by atoms with Crippen molar-refractivity contribution in [3.05, 3.63) is 53.0 Å². The van der Waals surface area contributed by atoms with Crippen LogP contribution in [-0.4, -0.2) is 57.1 Å². The van der Waals surface area contributed by atoms with Crippen LogP contribution in [0.4, 0.5) is 0 Å². The zero-order valence-corrected chi connectivity index (χ0v) is 18.6. The van der Waals surface area contributed by atoms with Crippen molar-refractivity contribution in [2.75, 3.05) is 33.4 Å². The minimum atomic E-state index is -3.77. The first-order valence-corrected chi connectivity index (χ1v) is 12.0. The second-order valence-electron chi connectivity index (χ2n) is 6.91. The van der Waals surface area contributed by atoms with Gasteiger partial charge in [-0.05, 0) is 29.8 Å². The van der Waals surface area contributed by atoms with Crippen LogP contribution in [-0.2, 0) is 37.3 Å². The number of hydrogen-bond donors (Lipinski definition) is 0. The molecule has 10 heteroatoms. The Morgan fingerprint density at radius 1 is 1.19 bits per heavy atom. The summed E-state index contributed by atoms with van der Waals surface area (Å²) < 4.78 is 44.4. The maximum Gasteiger partial charge on any atom is 0.310 e. The molecule has 1 aliphatic rings. The third-order valence-corrected chi connectivity index (χ3v) is 7.79. The molecule has 1 fully saturated rings.